The number of aliphatic imine (C=N–C) groups is 1. The summed E-state index contributed by atoms with van der Waals surface area (Å²) in [5.74, 6) is 1.12. The second kappa shape index (κ2) is 12.6. The summed E-state index contributed by atoms with van der Waals surface area (Å²) in [6.07, 6.45) is -0.443. The van der Waals surface area contributed by atoms with Gasteiger partial charge in [-0.1, -0.05) is 0 Å². The molecule has 0 atom stereocenters. The molecular formula is C16H34IN5O4S. The number of carbonyl (C=O) groups is 1. The molecule has 0 bridgehead atoms. The highest BCUT2D eigenvalue weighted by Gasteiger charge is 2.20. The third-order valence-corrected chi connectivity index (χ3v) is 5.16. The zero-order chi connectivity index (χ0) is 19.6. The van der Waals surface area contributed by atoms with Crippen LogP contribution in [0.1, 0.15) is 27.7 Å². The van der Waals surface area contributed by atoms with E-state index in [0.29, 0.717) is 38.7 Å². The van der Waals surface area contributed by atoms with Crippen molar-refractivity contribution in [1.29, 1.82) is 0 Å². The first kappa shape index (κ1) is 26.2. The molecule has 1 amide bonds. The van der Waals surface area contributed by atoms with Crippen molar-refractivity contribution in [2.24, 2.45) is 4.99 Å². The summed E-state index contributed by atoms with van der Waals surface area (Å²) in [4.78, 5) is 18.2. The van der Waals surface area contributed by atoms with Crippen LogP contribution in [-0.4, -0.2) is 88.3 Å². The highest BCUT2D eigenvalue weighted by atomic mass is 127. The maximum atomic E-state index is 11.6. The molecule has 0 unspecified atom stereocenters. The molecule has 1 aliphatic rings. The van der Waals surface area contributed by atoms with Gasteiger partial charge in [0.05, 0.1) is 18.1 Å². The van der Waals surface area contributed by atoms with Gasteiger partial charge in [-0.3, -0.25) is 9.89 Å². The fraction of sp³-hybridized carbons (Fsp3) is 0.875. The second-order valence-electron chi connectivity index (χ2n) is 7.11. The smallest absolute Gasteiger partial charge is 0.407 e. The zero-order valence-electron chi connectivity index (χ0n) is 16.7. The number of sulfone groups is 1. The van der Waals surface area contributed by atoms with Gasteiger partial charge in [-0.25, -0.2) is 13.2 Å². The number of hydrogen-bond acceptors (Lipinski definition) is 6. The van der Waals surface area contributed by atoms with Crippen LogP contribution in [0.2, 0.25) is 0 Å². The number of carbonyl (C=O) groups excluding carboxylic acids is 1. The molecule has 0 aromatic heterocycles. The van der Waals surface area contributed by atoms with Gasteiger partial charge in [-0.2, -0.15) is 0 Å². The van der Waals surface area contributed by atoms with Gasteiger partial charge in [0.2, 0.25) is 0 Å². The minimum Gasteiger partial charge on any atom is -0.444 e. The van der Waals surface area contributed by atoms with Crippen LogP contribution in [0.5, 0.6) is 0 Å². The molecule has 11 heteroatoms. The molecule has 1 heterocycles. The molecule has 0 spiro atoms. The van der Waals surface area contributed by atoms with Crippen LogP contribution in [0.25, 0.3) is 0 Å². The lowest BCUT2D eigenvalue weighted by atomic mass is 10.2. The molecule has 27 heavy (non-hydrogen) atoms. The summed E-state index contributed by atoms with van der Waals surface area (Å²) in [5, 5.41) is 8.96. The lowest BCUT2D eigenvalue weighted by Gasteiger charge is -2.25. The summed E-state index contributed by atoms with van der Waals surface area (Å²) in [5.41, 5.74) is -0.512. The number of amides is 1. The second-order valence-corrected chi connectivity index (χ2v) is 9.41. The Bertz CT molecular complexity index is 564. The Morgan fingerprint density at radius 1 is 1.11 bits per heavy atom. The first-order chi connectivity index (χ1) is 12.1. The standard InChI is InChI=1S/C16H33N5O4S.HI/c1-5-17-14(18-6-7-20-15(22)25-16(2,3)4)19-8-9-21-10-12-26(23,24)13-11-21;/h5-13H2,1-4H3,(H,20,22)(H2,17,18,19);1H. The molecule has 0 aliphatic carbocycles. The Balaban J connectivity index is 0.00000676. The van der Waals surface area contributed by atoms with Gasteiger partial charge >= 0.3 is 6.09 Å². The molecule has 0 radical (unpaired) electrons. The number of hydrogen-bond donors (Lipinski definition) is 3. The number of ether oxygens (including phenoxy) is 1. The number of rotatable bonds is 7. The summed E-state index contributed by atoms with van der Waals surface area (Å²) >= 11 is 0. The Kier molecular flexibility index (Phi) is 12.2. The SMILES string of the molecule is CCNC(=NCCN1CCS(=O)(=O)CC1)NCCNC(=O)OC(C)(C)C.I. The molecule has 160 valence electrons. The molecule has 1 saturated heterocycles. The van der Waals surface area contributed by atoms with Gasteiger partial charge in [0.1, 0.15) is 5.60 Å². The minimum atomic E-state index is -2.85. The van der Waals surface area contributed by atoms with E-state index in [-0.39, 0.29) is 35.5 Å². The van der Waals surface area contributed by atoms with E-state index in [0.717, 1.165) is 13.1 Å². The van der Waals surface area contributed by atoms with Gasteiger partial charge in [0.25, 0.3) is 0 Å². The predicted molar refractivity (Wildman–Crippen MR) is 119 cm³/mol. The monoisotopic (exact) mass is 519 g/mol. The Labute approximate surface area is 180 Å². The van der Waals surface area contributed by atoms with Crippen LogP contribution in [-0.2, 0) is 14.6 Å². The van der Waals surface area contributed by atoms with E-state index in [9.17, 15) is 13.2 Å². The molecular weight excluding hydrogens is 485 g/mol. The van der Waals surface area contributed by atoms with Crippen LogP contribution in [0.15, 0.2) is 4.99 Å². The fourth-order valence-electron chi connectivity index (χ4n) is 2.28. The van der Waals surface area contributed by atoms with Crippen LogP contribution >= 0.6 is 24.0 Å². The largest absolute Gasteiger partial charge is 0.444 e. The molecule has 0 saturated carbocycles. The highest BCUT2D eigenvalue weighted by molar-refractivity contribution is 14.0. The van der Waals surface area contributed by atoms with E-state index in [1.165, 1.54) is 0 Å². The third-order valence-electron chi connectivity index (χ3n) is 3.55. The van der Waals surface area contributed by atoms with Crippen LogP contribution in [0, 0.1) is 0 Å². The van der Waals surface area contributed by atoms with Crippen LogP contribution < -0.4 is 16.0 Å². The van der Waals surface area contributed by atoms with Crippen molar-refractivity contribution in [1.82, 2.24) is 20.9 Å². The number of guanidine groups is 1. The predicted octanol–water partition coefficient (Wildman–Crippen LogP) is 0.415. The Morgan fingerprint density at radius 2 is 1.70 bits per heavy atom. The van der Waals surface area contributed by atoms with Crippen molar-refractivity contribution in [2.45, 2.75) is 33.3 Å². The van der Waals surface area contributed by atoms with Crippen molar-refractivity contribution in [3.05, 3.63) is 0 Å². The lowest BCUT2D eigenvalue weighted by molar-refractivity contribution is 0.0529. The quantitative estimate of drug-likeness (QED) is 0.193. The summed E-state index contributed by atoms with van der Waals surface area (Å²) in [6.45, 7) is 11.5. The van der Waals surface area contributed by atoms with E-state index < -0.39 is 21.5 Å². The number of alkyl carbamates (subject to hydrolysis) is 1. The molecule has 3 N–H and O–H groups in total. The average molecular weight is 519 g/mol. The summed E-state index contributed by atoms with van der Waals surface area (Å²) < 4.78 is 28.0. The molecule has 1 aliphatic heterocycles. The van der Waals surface area contributed by atoms with Gasteiger partial charge in [0, 0.05) is 39.3 Å². The first-order valence-corrected chi connectivity index (χ1v) is 10.9. The maximum absolute atomic E-state index is 11.6. The van der Waals surface area contributed by atoms with Crippen LogP contribution in [0.3, 0.4) is 0 Å². The number of nitrogens with one attached hydrogen (secondary N) is 3. The molecule has 0 aromatic carbocycles. The van der Waals surface area contributed by atoms with Gasteiger partial charge in [-0.05, 0) is 27.7 Å². The first-order valence-electron chi connectivity index (χ1n) is 9.03. The van der Waals surface area contributed by atoms with Crippen molar-refractivity contribution in [2.75, 3.05) is 57.3 Å². The average Bonchev–Trinajstić information content (AvgIpc) is 2.51. The van der Waals surface area contributed by atoms with E-state index in [4.69, 9.17) is 4.74 Å². The molecule has 1 rings (SSSR count). The Hall–Kier alpha value is -0.820. The minimum absolute atomic E-state index is 0. The topological polar surface area (TPSA) is 112 Å². The Morgan fingerprint density at radius 3 is 2.26 bits per heavy atom. The van der Waals surface area contributed by atoms with Crippen LogP contribution in [0.4, 0.5) is 4.79 Å². The van der Waals surface area contributed by atoms with E-state index in [1.54, 1.807) is 0 Å². The lowest BCUT2D eigenvalue weighted by Crippen LogP contribution is -2.43. The van der Waals surface area contributed by atoms with E-state index in [2.05, 4.69) is 25.8 Å². The summed E-state index contributed by atoms with van der Waals surface area (Å²) in [7, 11) is -2.85. The summed E-state index contributed by atoms with van der Waals surface area (Å²) in [6, 6.07) is 0. The van der Waals surface area contributed by atoms with E-state index >= 15 is 0 Å². The zero-order valence-corrected chi connectivity index (χ0v) is 19.9. The fourth-order valence-corrected chi connectivity index (χ4v) is 3.56. The molecule has 1 fully saturated rings. The van der Waals surface area contributed by atoms with Crippen molar-refractivity contribution in [3.63, 3.8) is 0 Å². The maximum Gasteiger partial charge on any atom is 0.407 e. The third kappa shape index (κ3) is 13.1. The van der Waals surface area contributed by atoms with Gasteiger partial charge in [0.15, 0.2) is 15.8 Å². The number of nitrogens with zero attached hydrogens (tertiary/aromatic N) is 2. The van der Waals surface area contributed by atoms with Gasteiger partial charge in [-0.15, -0.1) is 24.0 Å². The van der Waals surface area contributed by atoms with Crippen molar-refractivity contribution < 1.29 is 17.9 Å². The highest BCUT2D eigenvalue weighted by Crippen LogP contribution is 2.06. The normalized spacial score (nSPS) is 17.6. The van der Waals surface area contributed by atoms with Gasteiger partial charge < -0.3 is 20.7 Å². The van der Waals surface area contributed by atoms with E-state index in [1.807, 2.05) is 27.7 Å². The number of halogens is 1. The molecule has 9 nitrogen and oxygen atoms in total. The van der Waals surface area contributed by atoms with Crippen molar-refractivity contribution in [3.8, 4) is 0 Å². The van der Waals surface area contributed by atoms with Crippen molar-refractivity contribution >= 4 is 45.9 Å². The molecule has 0 aromatic rings.